The lowest BCUT2D eigenvalue weighted by atomic mass is 9.79. The van der Waals surface area contributed by atoms with E-state index in [1.807, 2.05) is 0 Å². The van der Waals surface area contributed by atoms with Crippen LogP contribution >= 0.6 is 0 Å². The Morgan fingerprint density at radius 3 is 2.27 bits per heavy atom. The average Bonchev–Trinajstić information content (AvgIpc) is 2.52. The molecular formula is C16H23O6. The Labute approximate surface area is 130 Å². The molecule has 0 aromatic carbocycles. The Hall–Kier alpha value is -1.50. The van der Waals surface area contributed by atoms with Crippen LogP contribution in [0.4, 0.5) is 0 Å². The molecule has 123 valence electrons. The summed E-state index contributed by atoms with van der Waals surface area (Å²) in [5.41, 5.74) is -1.55. The second kappa shape index (κ2) is 7.17. The number of Topliss-reactive ketones (excluding diaryl/α,β-unsaturated/α-hetero) is 1. The van der Waals surface area contributed by atoms with Gasteiger partial charge in [-0.1, -0.05) is 12.2 Å². The molecule has 6 nitrogen and oxygen atoms in total. The highest BCUT2D eigenvalue weighted by Gasteiger charge is 2.56. The molecule has 0 aromatic rings. The number of aliphatic hydroxyl groups is 2. The molecule has 0 bridgehead atoms. The van der Waals surface area contributed by atoms with Crippen molar-refractivity contribution in [3.63, 3.8) is 0 Å². The molecule has 4 atom stereocenters. The molecule has 1 rings (SSSR count). The Balaban J connectivity index is 3.04. The van der Waals surface area contributed by atoms with Crippen LogP contribution in [-0.2, 0) is 19.1 Å². The number of carbonyl (C=O) groups excluding carboxylic acids is 2. The van der Waals surface area contributed by atoms with Gasteiger partial charge in [0.1, 0.15) is 12.7 Å². The first-order valence-electron chi connectivity index (χ1n) is 7.10. The van der Waals surface area contributed by atoms with Crippen LogP contribution in [0.2, 0.25) is 0 Å². The molecular weight excluding hydrogens is 288 g/mol. The number of hydrogen-bond donors (Lipinski definition) is 2. The molecule has 0 amide bonds. The van der Waals surface area contributed by atoms with Crippen molar-refractivity contribution >= 4 is 11.8 Å². The van der Waals surface area contributed by atoms with E-state index < -0.39 is 35.7 Å². The fourth-order valence-corrected chi connectivity index (χ4v) is 2.06. The van der Waals surface area contributed by atoms with Crippen LogP contribution in [0.3, 0.4) is 0 Å². The minimum Gasteiger partial charge on any atom is -0.453 e. The summed E-state index contributed by atoms with van der Waals surface area (Å²) in [4.78, 5) is 24.2. The third-order valence-corrected chi connectivity index (χ3v) is 3.95. The van der Waals surface area contributed by atoms with E-state index >= 15 is 0 Å². The van der Waals surface area contributed by atoms with Gasteiger partial charge in [0.2, 0.25) is 0 Å². The van der Waals surface area contributed by atoms with Crippen LogP contribution in [0.1, 0.15) is 34.6 Å². The molecule has 0 spiro atoms. The summed E-state index contributed by atoms with van der Waals surface area (Å²) < 4.78 is 10.3. The molecule has 6 heteroatoms. The number of ketones is 1. The number of rotatable bonds is 4. The Bertz CT molecular complexity index is 507. The van der Waals surface area contributed by atoms with Crippen molar-refractivity contribution in [1.29, 1.82) is 0 Å². The molecule has 1 radical (unpaired) electrons. The number of carbonyl (C=O) groups is 2. The van der Waals surface area contributed by atoms with Crippen molar-refractivity contribution in [1.82, 2.24) is 0 Å². The van der Waals surface area contributed by atoms with E-state index in [1.165, 1.54) is 19.9 Å². The number of ether oxygens (including phenoxy) is 2. The fraction of sp³-hybridized carbons (Fsp3) is 0.562. The second-order valence-electron chi connectivity index (χ2n) is 5.33. The summed E-state index contributed by atoms with van der Waals surface area (Å²) in [5, 5.41) is 21.0. The summed E-state index contributed by atoms with van der Waals surface area (Å²) >= 11 is 0. The van der Waals surface area contributed by atoms with Gasteiger partial charge in [0, 0.05) is 5.57 Å². The van der Waals surface area contributed by atoms with E-state index in [-0.39, 0.29) is 5.57 Å². The molecule has 22 heavy (non-hydrogen) atoms. The second-order valence-corrected chi connectivity index (χ2v) is 5.33. The van der Waals surface area contributed by atoms with Gasteiger partial charge in [-0.2, -0.15) is 0 Å². The maximum Gasteiger partial charge on any atom is 0.333 e. The average molecular weight is 311 g/mol. The molecule has 0 saturated carbocycles. The van der Waals surface area contributed by atoms with E-state index in [2.05, 4.69) is 0 Å². The van der Waals surface area contributed by atoms with Crippen molar-refractivity contribution in [2.75, 3.05) is 0 Å². The highest BCUT2D eigenvalue weighted by molar-refractivity contribution is 6.02. The predicted octanol–water partition coefficient (Wildman–Crippen LogP) is 1.07. The monoisotopic (exact) mass is 311 g/mol. The molecule has 1 aliphatic rings. The van der Waals surface area contributed by atoms with Crippen LogP contribution in [-0.4, -0.2) is 45.9 Å². The molecule has 1 heterocycles. The molecule has 1 fully saturated rings. The SMILES string of the molecule is C/C=C(/C)C(=O)O[C@H]1[CH]O[C@H](C)[C@@](O)(C(=O)/C(C)=C\C)[C@@H]1O. The van der Waals surface area contributed by atoms with Crippen LogP contribution in [0.5, 0.6) is 0 Å². The fourth-order valence-electron chi connectivity index (χ4n) is 2.06. The van der Waals surface area contributed by atoms with E-state index in [0.29, 0.717) is 5.57 Å². The van der Waals surface area contributed by atoms with Gasteiger partial charge in [-0.25, -0.2) is 4.79 Å². The Morgan fingerprint density at radius 1 is 1.23 bits per heavy atom. The third kappa shape index (κ3) is 3.29. The van der Waals surface area contributed by atoms with Gasteiger partial charge < -0.3 is 19.7 Å². The summed E-state index contributed by atoms with van der Waals surface area (Å²) in [6.07, 6.45) is -0.738. The molecule has 0 aliphatic carbocycles. The Kier molecular flexibility index (Phi) is 6.05. The highest BCUT2D eigenvalue weighted by atomic mass is 16.6. The topological polar surface area (TPSA) is 93.1 Å². The predicted molar refractivity (Wildman–Crippen MR) is 79.6 cm³/mol. The van der Waals surface area contributed by atoms with Crippen LogP contribution < -0.4 is 0 Å². The molecule has 1 saturated heterocycles. The standard InChI is InChI=1S/C16H23O6/c1-6-9(3)13(17)16(20)11(5)21-8-12(14(16)18)22-15(19)10(4)7-2/h6-8,11-12,14,18,20H,1-5H3/b9-6-,10-7-/t11-,12+,14-,16-/m1/s1. The summed E-state index contributed by atoms with van der Waals surface area (Å²) in [6, 6.07) is 0. The van der Waals surface area contributed by atoms with Gasteiger partial charge in [-0.3, -0.25) is 4.79 Å². The van der Waals surface area contributed by atoms with Crippen LogP contribution in [0.25, 0.3) is 0 Å². The first kappa shape index (κ1) is 18.5. The first-order chi connectivity index (χ1) is 10.2. The summed E-state index contributed by atoms with van der Waals surface area (Å²) in [7, 11) is 0. The molecule has 1 aliphatic heterocycles. The maximum absolute atomic E-state index is 12.4. The highest BCUT2D eigenvalue weighted by Crippen LogP contribution is 2.33. The number of allylic oxidation sites excluding steroid dienone is 2. The number of aliphatic hydroxyl groups excluding tert-OH is 1. The molecule has 0 aromatic heterocycles. The van der Waals surface area contributed by atoms with E-state index in [1.54, 1.807) is 26.8 Å². The van der Waals surface area contributed by atoms with Gasteiger partial charge >= 0.3 is 5.97 Å². The lowest BCUT2D eigenvalue weighted by Crippen LogP contribution is -2.65. The van der Waals surface area contributed by atoms with Gasteiger partial charge in [-0.05, 0) is 40.2 Å². The van der Waals surface area contributed by atoms with E-state index in [4.69, 9.17) is 9.47 Å². The molecule has 0 unspecified atom stereocenters. The van der Waals surface area contributed by atoms with Gasteiger partial charge in [0.05, 0.1) is 6.10 Å². The van der Waals surface area contributed by atoms with Gasteiger partial charge in [0.25, 0.3) is 0 Å². The smallest absolute Gasteiger partial charge is 0.333 e. The van der Waals surface area contributed by atoms with E-state index in [9.17, 15) is 19.8 Å². The maximum atomic E-state index is 12.4. The first-order valence-corrected chi connectivity index (χ1v) is 7.10. The number of hydrogen-bond acceptors (Lipinski definition) is 6. The lowest BCUT2D eigenvalue weighted by Gasteiger charge is -2.43. The van der Waals surface area contributed by atoms with Crippen molar-refractivity contribution in [3.8, 4) is 0 Å². The normalized spacial score (nSPS) is 33.5. The zero-order valence-corrected chi connectivity index (χ0v) is 13.5. The van der Waals surface area contributed by atoms with Gasteiger partial charge in [-0.15, -0.1) is 0 Å². The lowest BCUT2D eigenvalue weighted by molar-refractivity contribution is -0.219. The van der Waals surface area contributed by atoms with Crippen molar-refractivity contribution in [2.24, 2.45) is 0 Å². The Morgan fingerprint density at radius 2 is 1.77 bits per heavy atom. The largest absolute Gasteiger partial charge is 0.453 e. The van der Waals surface area contributed by atoms with Gasteiger partial charge in [0.15, 0.2) is 17.5 Å². The van der Waals surface area contributed by atoms with E-state index in [0.717, 1.165) is 6.61 Å². The van der Waals surface area contributed by atoms with Crippen LogP contribution in [0.15, 0.2) is 23.3 Å². The zero-order valence-electron chi connectivity index (χ0n) is 13.5. The quantitative estimate of drug-likeness (QED) is 0.596. The van der Waals surface area contributed by atoms with Crippen molar-refractivity contribution < 1.29 is 29.3 Å². The minimum atomic E-state index is -2.18. The van der Waals surface area contributed by atoms with Crippen molar-refractivity contribution in [3.05, 3.63) is 29.9 Å². The zero-order chi connectivity index (χ0) is 17.1. The van der Waals surface area contributed by atoms with Crippen LogP contribution in [0, 0.1) is 6.61 Å². The third-order valence-electron chi connectivity index (χ3n) is 3.95. The minimum absolute atomic E-state index is 0.286. The summed E-state index contributed by atoms with van der Waals surface area (Å²) in [6.45, 7) is 9.01. The molecule has 2 N–H and O–H groups in total. The summed E-state index contributed by atoms with van der Waals surface area (Å²) in [5.74, 6) is -1.31. The van der Waals surface area contributed by atoms with Crippen molar-refractivity contribution in [2.45, 2.75) is 58.5 Å². The number of esters is 1.